The summed E-state index contributed by atoms with van der Waals surface area (Å²) in [6.45, 7) is 4.46. The van der Waals surface area contributed by atoms with E-state index in [0.717, 1.165) is 42.9 Å². The molecule has 1 N–H and O–H groups in total. The quantitative estimate of drug-likeness (QED) is 0.173. The Morgan fingerprint density at radius 2 is 1.58 bits per heavy atom. The third-order valence-electron chi connectivity index (χ3n) is 5.65. The Labute approximate surface area is 227 Å². The van der Waals surface area contributed by atoms with Crippen LogP contribution >= 0.6 is 31.9 Å². The predicted octanol–water partition coefficient (Wildman–Crippen LogP) is 7.74. The van der Waals surface area contributed by atoms with Gasteiger partial charge < -0.3 is 14.6 Å². The molecule has 0 aliphatic rings. The number of amides is 1. The number of hydrogen-bond donors (Lipinski definition) is 1. The van der Waals surface area contributed by atoms with E-state index < -0.39 is 5.91 Å². The highest BCUT2D eigenvalue weighted by Crippen LogP contribution is 2.25. The molecule has 4 rings (SSSR count). The molecule has 0 radical (unpaired) electrons. The van der Waals surface area contributed by atoms with Crippen molar-refractivity contribution in [2.24, 2.45) is 0 Å². The molecule has 1 aromatic heterocycles. The number of benzene rings is 3. The Morgan fingerprint density at radius 3 is 2.19 bits per heavy atom. The minimum Gasteiger partial charge on any atom is -0.489 e. The number of aromatic nitrogens is 1. The van der Waals surface area contributed by atoms with Crippen molar-refractivity contribution in [3.05, 3.63) is 116 Å². The predicted molar refractivity (Wildman–Crippen MR) is 150 cm³/mol. The van der Waals surface area contributed by atoms with Crippen molar-refractivity contribution in [3.63, 3.8) is 0 Å². The van der Waals surface area contributed by atoms with E-state index in [1.807, 2.05) is 86.6 Å². The minimum absolute atomic E-state index is 0.0369. The lowest BCUT2D eigenvalue weighted by Gasteiger charge is -2.12. The Bertz CT molecular complexity index is 1450. The second kappa shape index (κ2) is 11.4. The van der Waals surface area contributed by atoms with E-state index in [2.05, 4.69) is 41.7 Å². The van der Waals surface area contributed by atoms with Crippen molar-refractivity contribution < 1.29 is 9.53 Å². The molecule has 3 aromatic carbocycles. The lowest BCUT2D eigenvalue weighted by molar-refractivity contribution is -0.112. The summed E-state index contributed by atoms with van der Waals surface area (Å²) >= 11 is 6.81. The van der Waals surface area contributed by atoms with Gasteiger partial charge in [0.05, 0.1) is 0 Å². The number of nitrogens with one attached hydrogen (secondary N) is 1. The number of nitrogens with zero attached hydrogens (tertiary/aromatic N) is 2. The molecule has 0 spiro atoms. The average Bonchev–Trinajstić information content (AvgIpc) is 3.16. The lowest BCUT2D eigenvalue weighted by Crippen LogP contribution is -2.13. The molecule has 36 heavy (non-hydrogen) atoms. The van der Waals surface area contributed by atoms with Crippen LogP contribution in [0.2, 0.25) is 0 Å². The lowest BCUT2D eigenvalue weighted by atomic mass is 10.1. The maximum atomic E-state index is 12.7. The van der Waals surface area contributed by atoms with Gasteiger partial charge in [0, 0.05) is 31.7 Å². The van der Waals surface area contributed by atoms with E-state index in [4.69, 9.17) is 4.74 Å². The van der Waals surface area contributed by atoms with Crippen molar-refractivity contribution in [3.8, 4) is 17.5 Å². The smallest absolute Gasteiger partial charge is 0.266 e. The molecule has 0 fully saturated rings. The maximum Gasteiger partial charge on any atom is 0.266 e. The summed E-state index contributed by atoms with van der Waals surface area (Å²) < 4.78 is 9.96. The molecule has 0 saturated carbocycles. The van der Waals surface area contributed by atoms with Crippen LogP contribution in [0.25, 0.3) is 11.8 Å². The molecule has 0 unspecified atom stereocenters. The van der Waals surface area contributed by atoms with Crippen LogP contribution in [-0.4, -0.2) is 10.5 Å². The number of carbonyl (C=O) groups excluding carboxylic acids is 1. The summed E-state index contributed by atoms with van der Waals surface area (Å²) in [5.74, 6) is 0.331. The summed E-state index contributed by atoms with van der Waals surface area (Å²) in [7, 11) is 0. The van der Waals surface area contributed by atoms with E-state index in [0.29, 0.717) is 12.3 Å². The zero-order valence-electron chi connectivity index (χ0n) is 19.8. The number of nitriles is 1. The van der Waals surface area contributed by atoms with Crippen molar-refractivity contribution in [1.82, 2.24) is 4.57 Å². The number of ether oxygens (including phenoxy) is 1. The van der Waals surface area contributed by atoms with Gasteiger partial charge in [0.1, 0.15) is 24.0 Å². The SMILES string of the molecule is Cc1cc(/C=C(/C#N)C(=O)Nc2ccc(Br)cc2)c(C)n1-c1ccc(OCc2ccc(Br)cc2)cc1. The molecule has 0 saturated heterocycles. The first-order valence-corrected chi connectivity index (χ1v) is 12.8. The molecule has 1 heterocycles. The summed E-state index contributed by atoms with van der Waals surface area (Å²) in [4.78, 5) is 12.7. The van der Waals surface area contributed by atoms with Gasteiger partial charge in [-0.3, -0.25) is 4.79 Å². The number of carbonyl (C=O) groups is 1. The van der Waals surface area contributed by atoms with Crippen molar-refractivity contribution >= 4 is 49.5 Å². The third kappa shape index (κ3) is 6.14. The third-order valence-corrected chi connectivity index (χ3v) is 6.71. The van der Waals surface area contributed by atoms with Crippen LogP contribution in [0.3, 0.4) is 0 Å². The first-order valence-electron chi connectivity index (χ1n) is 11.2. The highest BCUT2D eigenvalue weighted by molar-refractivity contribution is 9.10. The molecule has 180 valence electrons. The molecule has 4 aromatic rings. The average molecular weight is 605 g/mol. The van der Waals surface area contributed by atoms with Gasteiger partial charge in [0.15, 0.2) is 0 Å². The van der Waals surface area contributed by atoms with Crippen LogP contribution in [0, 0.1) is 25.2 Å². The van der Waals surface area contributed by atoms with Crippen LogP contribution in [0.1, 0.15) is 22.5 Å². The molecular formula is C29H23Br2N3O2. The van der Waals surface area contributed by atoms with Crippen LogP contribution < -0.4 is 10.1 Å². The Morgan fingerprint density at radius 1 is 0.972 bits per heavy atom. The van der Waals surface area contributed by atoms with Crippen molar-refractivity contribution in [2.45, 2.75) is 20.5 Å². The number of aryl methyl sites for hydroxylation is 1. The van der Waals surface area contributed by atoms with Gasteiger partial charge in [0.2, 0.25) is 0 Å². The largest absolute Gasteiger partial charge is 0.489 e. The van der Waals surface area contributed by atoms with Gasteiger partial charge in [-0.2, -0.15) is 5.26 Å². The van der Waals surface area contributed by atoms with E-state index in [1.54, 1.807) is 18.2 Å². The van der Waals surface area contributed by atoms with Crippen LogP contribution in [0.15, 0.2) is 93.4 Å². The second-order valence-electron chi connectivity index (χ2n) is 8.20. The monoisotopic (exact) mass is 603 g/mol. The topological polar surface area (TPSA) is 67.0 Å². The Hall–Kier alpha value is -3.60. The van der Waals surface area contributed by atoms with Crippen molar-refractivity contribution in [1.29, 1.82) is 5.26 Å². The van der Waals surface area contributed by atoms with Crippen LogP contribution in [-0.2, 0) is 11.4 Å². The Balaban J connectivity index is 1.50. The van der Waals surface area contributed by atoms with Gasteiger partial charge in [0.25, 0.3) is 5.91 Å². The molecule has 0 aliphatic heterocycles. The fraction of sp³-hybridized carbons (Fsp3) is 0.103. The zero-order chi connectivity index (χ0) is 25.7. The first kappa shape index (κ1) is 25.5. The van der Waals surface area contributed by atoms with Crippen molar-refractivity contribution in [2.75, 3.05) is 5.32 Å². The van der Waals surface area contributed by atoms with E-state index in [-0.39, 0.29) is 5.57 Å². The Kier molecular flexibility index (Phi) is 8.09. The van der Waals surface area contributed by atoms with Crippen LogP contribution in [0.5, 0.6) is 5.75 Å². The number of halogens is 2. The summed E-state index contributed by atoms with van der Waals surface area (Å²) in [6.07, 6.45) is 1.63. The summed E-state index contributed by atoms with van der Waals surface area (Å²) in [6, 6.07) is 27.1. The molecule has 0 aliphatic carbocycles. The minimum atomic E-state index is -0.447. The van der Waals surface area contributed by atoms with E-state index in [1.165, 1.54) is 0 Å². The summed E-state index contributed by atoms with van der Waals surface area (Å²) in [5, 5.41) is 12.4. The fourth-order valence-electron chi connectivity index (χ4n) is 3.81. The summed E-state index contributed by atoms with van der Waals surface area (Å²) in [5.41, 5.74) is 5.46. The first-order chi connectivity index (χ1) is 17.3. The molecule has 1 amide bonds. The van der Waals surface area contributed by atoms with Gasteiger partial charge in [-0.25, -0.2) is 0 Å². The fourth-order valence-corrected chi connectivity index (χ4v) is 4.33. The standard InChI is InChI=1S/C29H23Br2N3O2/c1-19-15-22(16-23(17-32)29(35)33-26-9-7-25(31)8-10-26)20(2)34(19)27-11-13-28(14-12-27)36-18-21-3-5-24(30)6-4-21/h3-16H,18H2,1-2H3,(H,33,35)/b23-16-. The highest BCUT2D eigenvalue weighted by Gasteiger charge is 2.14. The number of hydrogen-bond acceptors (Lipinski definition) is 3. The van der Waals surface area contributed by atoms with E-state index in [9.17, 15) is 10.1 Å². The van der Waals surface area contributed by atoms with Gasteiger partial charge >= 0.3 is 0 Å². The molecule has 0 atom stereocenters. The van der Waals surface area contributed by atoms with Gasteiger partial charge in [-0.15, -0.1) is 0 Å². The maximum absolute atomic E-state index is 12.7. The molecular weight excluding hydrogens is 582 g/mol. The zero-order valence-corrected chi connectivity index (χ0v) is 22.9. The number of anilines is 1. The highest BCUT2D eigenvalue weighted by atomic mass is 79.9. The molecule has 7 heteroatoms. The second-order valence-corrected chi connectivity index (χ2v) is 10.0. The van der Waals surface area contributed by atoms with E-state index >= 15 is 0 Å². The van der Waals surface area contributed by atoms with Crippen LogP contribution in [0.4, 0.5) is 5.69 Å². The molecule has 5 nitrogen and oxygen atoms in total. The van der Waals surface area contributed by atoms with Gasteiger partial charge in [-0.05, 0) is 97.8 Å². The number of rotatable bonds is 7. The normalized spacial score (nSPS) is 11.1. The molecule has 0 bridgehead atoms. The van der Waals surface area contributed by atoms with Gasteiger partial charge in [-0.1, -0.05) is 44.0 Å².